The molecule has 0 aliphatic heterocycles. The summed E-state index contributed by atoms with van der Waals surface area (Å²) >= 11 is 0. The van der Waals surface area contributed by atoms with Gasteiger partial charge in [-0.2, -0.15) is 0 Å². The average molecular weight is 258 g/mol. The Balaban J connectivity index is 2.46. The monoisotopic (exact) mass is 258 g/mol. The van der Waals surface area contributed by atoms with Gasteiger partial charge in [-0.15, -0.1) is 0 Å². The quantitative estimate of drug-likeness (QED) is 0.643. The van der Waals surface area contributed by atoms with E-state index in [0.717, 1.165) is 5.56 Å². The molecule has 0 saturated heterocycles. The third-order valence-electron chi connectivity index (χ3n) is 2.28. The lowest BCUT2D eigenvalue weighted by Gasteiger charge is -2.07. The van der Waals surface area contributed by atoms with Crippen molar-refractivity contribution in [2.24, 2.45) is 0 Å². The number of urea groups is 1. The number of nitrogens with one attached hydrogen (secondary N) is 2. The first kappa shape index (κ1) is 14.8. The average Bonchev–Trinajstić information content (AvgIpc) is 2.34. The molecule has 4 heteroatoms. The molecule has 0 spiro atoms. The van der Waals surface area contributed by atoms with Gasteiger partial charge in [-0.05, 0) is 32.9 Å². The van der Waals surface area contributed by atoms with E-state index in [-0.39, 0.29) is 24.4 Å². The predicted molar refractivity (Wildman–Crippen MR) is 75.0 cm³/mol. The Kier molecular flexibility index (Phi) is 5.62. The van der Waals surface area contributed by atoms with Crippen LogP contribution in [0, 0.1) is 11.8 Å². The Morgan fingerprint density at radius 3 is 2.37 bits per heavy atom. The highest BCUT2D eigenvalue weighted by Gasteiger charge is 1.99. The molecule has 2 N–H and O–H groups in total. The van der Waals surface area contributed by atoms with Crippen molar-refractivity contribution < 1.29 is 9.59 Å². The Labute approximate surface area is 113 Å². The molecule has 0 bridgehead atoms. The van der Waals surface area contributed by atoms with E-state index in [1.54, 1.807) is 24.3 Å². The molecule has 0 fully saturated rings. The number of Topliss-reactive ketones (excluding diaryl/α,β-unsaturated/α-hetero) is 1. The fourth-order valence-corrected chi connectivity index (χ4v) is 1.37. The Hall–Kier alpha value is -2.28. The minimum atomic E-state index is -0.226. The van der Waals surface area contributed by atoms with E-state index >= 15 is 0 Å². The van der Waals surface area contributed by atoms with Crippen molar-refractivity contribution in [1.29, 1.82) is 0 Å². The molecule has 0 aromatic heterocycles. The number of hydrogen-bond acceptors (Lipinski definition) is 2. The van der Waals surface area contributed by atoms with Crippen LogP contribution < -0.4 is 10.6 Å². The Bertz CT molecular complexity index is 507. The standard InChI is InChI=1S/C15H18N2O2/c1-11(2)17-15(19)16-10-4-5-13-6-8-14(9-7-13)12(3)18/h6-9,11H,10H2,1-3H3,(H2,16,17,19). The van der Waals surface area contributed by atoms with Gasteiger partial charge in [-0.25, -0.2) is 4.79 Å². The van der Waals surface area contributed by atoms with Crippen molar-refractivity contribution in [2.75, 3.05) is 6.54 Å². The van der Waals surface area contributed by atoms with E-state index in [4.69, 9.17) is 0 Å². The Morgan fingerprint density at radius 2 is 1.84 bits per heavy atom. The first-order valence-electron chi connectivity index (χ1n) is 6.13. The summed E-state index contributed by atoms with van der Waals surface area (Å²) in [5.74, 6) is 5.80. The van der Waals surface area contributed by atoms with Crippen molar-refractivity contribution in [1.82, 2.24) is 10.6 Å². The lowest BCUT2D eigenvalue weighted by Crippen LogP contribution is -2.39. The molecule has 0 aliphatic rings. The molecule has 1 aromatic rings. The molecule has 0 heterocycles. The van der Waals surface area contributed by atoms with Gasteiger partial charge < -0.3 is 10.6 Å². The van der Waals surface area contributed by atoms with Crippen LogP contribution in [0.2, 0.25) is 0 Å². The SMILES string of the molecule is CC(=O)c1ccc(C#CCNC(=O)NC(C)C)cc1. The van der Waals surface area contributed by atoms with Crippen LogP contribution >= 0.6 is 0 Å². The van der Waals surface area contributed by atoms with Gasteiger partial charge in [0, 0.05) is 17.2 Å². The minimum Gasteiger partial charge on any atom is -0.336 e. The molecular formula is C15H18N2O2. The summed E-state index contributed by atoms with van der Waals surface area (Å²) in [5, 5.41) is 5.34. The molecule has 0 atom stereocenters. The number of ketones is 1. The summed E-state index contributed by atoms with van der Waals surface area (Å²) in [7, 11) is 0. The van der Waals surface area contributed by atoms with Gasteiger partial charge in [0.15, 0.2) is 5.78 Å². The van der Waals surface area contributed by atoms with Crippen LogP contribution in [0.15, 0.2) is 24.3 Å². The van der Waals surface area contributed by atoms with Gasteiger partial charge in [-0.3, -0.25) is 4.79 Å². The molecule has 1 aromatic carbocycles. The van der Waals surface area contributed by atoms with Crippen molar-refractivity contribution in [2.45, 2.75) is 26.8 Å². The minimum absolute atomic E-state index is 0.0338. The molecule has 1 rings (SSSR count). The van der Waals surface area contributed by atoms with Crippen LogP contribution in [-0.2, 0) is 0 Å². The summed E-state index contributed by atoms with van der Waals surface area (Å²) in [5.41, 5.74) is 1.48. The van der Waals surface area contributed by atoms with E-state index < -0.39 is 0 Å². The number of carbonyl (C=O) groups excluding carboxylic acids is 2. The van der Waals surface area contributed by atoms with Crippen LogP contribution in [0.5, 0.6) is 0 Å². The normalized spacial score (nSPS) is 9.47. The lowest BCUT2D eigenvalue weighted by molar-refractivity contribution is 0.101. The molecule has 0 aliphatic carbocycles. The van der Waals surface area contributed by atoms with E-state index in [2.05, 4.69) is 22.5 Å². The molecule has 0 radical (unpaired) electrons. The van der Waals surface area contributed by atoms with Gasteiger partial charge in [-0.1, -0.05) is 24.0 Å². The number of benzene rings is 1. The highest BCUT2D eigenvalue weighted by Crippen LogP contribution is 2.03. The summed E-state index contributed by atoms with van der Waals surface area (Å²) < 4.78 is 0. The van der Waals surface area contributed by atoms with Crippen LogP contribution in [0.4, 0.5) is 4.79 Å². The first-order chi connectivity index (χ1) is 8.99. The molecular weight excluding hydrogens is 240 g/mol. The fourth-order valence-electron chi connectivity index (χ4n) is 1.37. The Morgan fingerprint density at radius 1 is 1.21 bits per heavy atom. The van der Waals surface area contributed by atoms with E-state index in [0.29, 0.717) is 5.56 Å². The van der Waals surface area contributed by atoms with Crippen LogP contribution in [0.3, 0.4) is 0 Å². The van der Waals surface area contributed by atoms with Gasteiger partial charge in [0.1, 0.15) is 0 Å². The third kappa shape index (κ3) is 5.73. The zero-order valence-corrected chi connectivity index (χ0v) is 11.4. The number of amides is 2. The third-order valence-corrected chi connectivity index (χ3v) is 2.28. The predicted octanol–water partition coefficient (Wildman–Crippen LogP) is 1.95. The molecule has 4 nitrogen and oxygen atoms in total. The molecule has 19 heavy (non-hydrogen) atoms. The van der Waals surface area contributed by atoms with Gasteiger partial charge >= 0.3 is 6.03 Å². The number of carbonyl (C=O) groups is 2. The summed E-state index contributed by atoms with van der Waals surface area (Å²) in [6.45, 7) is 5.59. The van der Waals surface area contributed by atoms with Crippen molar-refractivity contribution in [3.05, 3.63) is 35.4 Å². The fraction of sp³-hybridized carbons (Fsp3) is 0.333. The van der Waals surface area contributed by atoms with Crippen molar-refractivity contribution >= 4 is 11.8 Å². The summed E-state index contributed by atoms with van der Waals surface area (Å²) in [6, 6.07) is 6.94. The maximum absolute atomic E-state index is 11.3. The van der Waals surface area contributed by atoms with Crippen LogP contribution in [0.1, 0.15) is 36.7 Å². The second-order valence-electron chi connectivity index (χ2n) is 4.42. The maximum atomic E-state index is 11.3. The van der Waals surface area contributed by atoms with E-state index in [1.807, 2.05) is 13.8 Å². The van der Waals surface area contributed by atoms with Crippen LogP contribution in [-0.4, -0.2) is 24.4 Å². The molecule has 0 saturated carbocycles. The zero-order chi connectivity index (χ0) is 14.3. The van der Waals surface area contributed by atoms with Crippen molar-refractivity contribution in [3.8, 4) is 11.8 Å². The van der Waals surface area contributed by atoms with E-state index in [1.165, 1.54) is 6.92 Å². The second kappa shape index (κ2) is 7.22. The van der Waals surface area contributed by atoms with E-state index in [9.17, 15) is 9.59 Å². The maximum Gasteiger partial charge on any atom is 0.315 e. The van der Waals surface area contributed by atoms with Gasteiger partial charge in [0.2, 0.25) is 0 Å². The highest BCUT2D eigenvalue weighted by molar-refractivity contribution is 5.94. The first-order valence-corrected chi connectivity index (χ1v) is 6.13. The largest absolute Gasteiger partial charge is 0.336 e. The van der Waals surface area contributed by atoms with Crippen molar-refractivity contribution in [3.63, 3.8) is 0 Å². The highest BCUT2D eigenvalue weighted by atomic mass is 16.2. The summed E-state index contributed by atoms with van der Waals surface area (Å²) in [6.07, 6.45) is 0. The molecule has 100 valence electrons. The summed E-state index contributed by atoms with van der Waals surface area (Å²) in [4.78, 5) is 22.3. The number of hydrogen-bond donors (Lipinski definition) is 2. The van der Waals surface area contributed by atoms with Crippen LogP contribution in [0.25, 0.3) is 0 Å². The van der Waals surface area contributed by atoms with Gasteiger partial charge in [0.05, 0.1) is 6.54 Å². The number of rotatable bonds is 3. The van der Waals surface area contributed by atoms with Gasteiger partial charge in [0.25, 0.3) is 0 Å². The molecule has 0 unspecified atom stereocenters. The topological polar surface area (TPSA) is 58.2 Å². The lowest BCUT2D eigenvalue weighted by atomic mass is 10.1. The second-order valence-corrected chi connectivity index (χ2v) is 4.42. The zero-order valence-electron chi connectivity index (χ0n) is 11.4. The smallest absolute Gasteiger partial charge is 0.315 e. The molecule has 2 amide bonds.